The van der Waals surface area contributed by atoms with E-state index in [2.05, 4.69) is 22.4 Å². The van der Waals surface area contributed by atoms with Crippen molar-refractivity contribution in [2.24, 2.45) is 5.92 Å². The van der Waals surface area contributed by atoms with Crippen molar-refractivity contribution in [3.05, 3.63) is 70.6 Å². The minimum atomic E-state index is -0.370. The molecule has 0 bridgehead atoms. The lowest BCUT2D eigenvalue weighted by atomic mass is 9.98. The van der Waals surface area contributed by atoms with Gasteiger partial charge in [0.1, 0.15) is 6.04 Å². The van der Waals surface area contributed by atoms with Crippen LogP contribution >= 0.6 is 11.6 Å². The second kappa shape index (κ2) is 8.35. The van der Waals surface area contributed by atoms with Crippen LogP contribution in [0.1, 0.15) is 48.1 Å². The van der Waals surface area contributed by atoms with Crippen LogP contribution in [0.2, 0.25) is 5.02 Å². The maximum Gasteiger partial charge on any atom is 0.251 e. The third kappa shape index (κ3) is 4.37. The van der Waals surface area contributed by atoms with Crippen LogP contribution in [-0.4, -0.2) is 16.0 Å². The number of benzene rings is 2. The molecule has 1 heterocycles. The normalized spacial score (nSPS) is 13.2. The quantitative estimate of drug-likeness (QED) is 0.633. The van der Waals surface area contributed by atoms with Crippen molar-refractivity contribution in [2.75, 3.05) is 0 Å². The van der Waals surface area contributed by atoms with Crippen LogP contribution in [0.3, 0.4) is 0 Å². The van der Waals surface area contributed by atoms with Crippen molar-refractivity contribution in [1.82, 2.24) is 15.5 Å². The van der Waals surface area contributed by atoms with Crippen LogP contribution in [0.4, 0.5) is 0 Å². The number of carbonyl (C=O) groups is 1. The molecule has 6 heteroatoms. The van der Waals surface area contributed by atoms with E-state index in [1.165, 1.54) is 0 Å². The SMILES string of the molecule is CC[C@H](C)[C@H](NC(=O)c1ccccc1)c1nc(-c2ccc(C)c(Cl)c2)no1. The van der Waals surface area contributed by atoms with Crippen molar-refractivity contribution in [1.29, 1.82) is 0 Å². The summed E-state index contributed by atoms with van der Waals surface area (Å²) in [5, 5.41) is 7.75. The van der Waals surface area contributed by atoms with Crippen LogP contribution in [-0.2, 0) is 0 Å². The van der Waals surface area contributed by atoms with E-state index in [9.17, 15) is 4.79 Å². The van der Waals surface area contributed by atoms with E-state index in [0.29, 0.717) is 22.3 Å². The number of aromatic nitrogens is 2. The van der Waals surface area contributed by atoms with Crippen molar-refractivity contribution in [3.8, 4) is 11.4 Å². The topological polar surface area (TPSA) is 68.0 Å². The Morgan fingerprint density at radius 3 is 2.63 bits per heavy atom. The van der Waals surface area contributed by atoms with Gasteiger partial charge in [0.15, 0.2) is 0 Å². The van der Waals surface area contributed by atoms with Gasteiger partial charge in [-0.15, -0.1) is 0 Å². The summed E-state index contributed by atoms with van der Waals surface area (Å²) in [4.78, 5) is 17.1. The van der Waals surface area contributed by atoms with Crippen LogP contribution in [0, 0.1) is 12.8 Å². The highest BCUT2D eigenvalue weighted by Gasteiger charge is 2.27. The molecule has 0 radical (unpaired) electrons. The number of aryl methyl sites for hydroxylation is 1. The predicted octanol–water partition coefficient (Wildman–Crippen LogP) is 5.22. The van der Waals surface area contributed by atoms with Crippen LogP contribution in [0.25, 0.3) is 11.4 Å². The lowest BCUT2D eigenvalue weighted by Gasteiger charge is -2.20. The van der Waals surface area contributed by atoms with Gasteiger partial charge in [-0.25, -0.2) is 0 Å². The highest BCUT2D eigenvalue weighted by Crippen LogP contribution is 2.28. The lowest BCUT2D eigenvalue weighted by molar-refractivity contribution is 0.0910. The average molecular weight is 384 g/mol. The summed E-state index contributed by atoms with van der Waals surface area (Å²) in [6.07, 6.45) is 0.855. The van der Waals surface area contributed by atoms with E-state index in [0.717, 1.165) is 17.5 Å². The van der Waals surface area contributed by atoms with Gasteiger partial charge < -0.3 is 9.84 Å². The summed E-state index contributed by atoms with van der Waals surface area (Å²) in [6.45, 7) is 6.04. The van der Waals surface area contributed by atoms with Crippen LogP contribution in [0.15, 0.2) is 53.1 Å². The Morgan fingerprint density at radius 1 is 1.22 bits per heavy atom. The molecular formula is C21H22ClN3O2. The zero-order chi connectivity index (χ0) is 19.4. The molecule has 0 aliphatic rings. The molecule has 3 rings (SSSR count). The zero-order valence-electron chi connectivity index (χ0n) is 15.6. The minimum absolute atomic E-state index is 0.132. The van der Waals surface area contributed by atoms with Crippen LogP contribution in [0.5, 0.6) is 0 Å². The van der Waals surface area contributed by atoms with Gasteiger partial charge in [-0.2, -0.15) is 4.98 Å². The Bertz CT molecular complexity index is 924. The van der Waals surface area contributed by atoms with Crippen molar-refractivity contribution in [2.45, 2.75) is 33.2 Å². The summed E-state index contributed by atoms with van der Waals surface area (Å²) in [5.74, 6) is 0.807. The van der Waals surface area contributed by atoms with E-state index in [1.807, 2.05) is 50.2 Å². The Kier molecular flexibility index (Phi) is 5.91. The maximum atomic E-state index is 12.6. The molecule has 0 saturated heterocycles. The molecule has 0 fully saturated rings. The molecule has 1 aromatic heterocycles. The summed E-state index contributed by atoms with van der Waals surface area (Å²) in [6, 6.07) is 14.3. The molecule has 1 amide bonds. The molecule has 0 spiro atoms. The summed E-state index contributed by atoms with van der Waals surface area (Å²) in [7, 11) is 0. The first kappa shape index (κ1) is 19.1. The third-order valence-corrected chi connectivity index (χ3v) is 5.08. The van der Waals surface area contributed by atoms with Gasteiger partial charge in [-0.05, 0) is 36.6 Å². The van der Waals surface area contributed by atoms with Crippen molar-refractivity contribution >= 4 is 17.5 Å². The van der Waals surface area contributed by atoms with E-state index in [1.54, 1.807) is 12.1 Å². The molecule has 1 N–H and O–H groups in total. The van der Waals surface area contributed by atoms with Gasteiger partial charge in [0.2, 0.25) is 11.7 Å². The second-order valence-corrected chi connectivity index (χ2v) is 7.03. The van der Waals surface area contributed by atoms with E-state index >= 15 is 0 Å². The predicted molar refractivity (Wildman–Crippen MR) is 106 cm³/mol. The number of amides is 1. The van der Waals surface area contributed by atoms with E-state index in [-0.39, 0.29) is 17.9 Å². The fraction of sp³-hybridized carbons (Fsp3) is 0.286. The number of halogens is 1. The Morgan fingerprint density at radius 2 is 1.96 bits per heavy atom. The molecule has 0 unspecified atom stereocenters. The zero-order valence-corrected chi connectivity index (χ0v) is 16.3. The van der Waals surface area contributed by atoms with E-state index < -0.39 is 0 Å². The first-order valence-electron chi connectivity index (χ1n) is 8.95. The molecule has 3 aromatic rings. The molecule has 0 aliphatic carbocycles. The highest BCUT2D eigenvalue weighted by atomic mass is 35.5. The Labute approximate surface area is 163 Å². The standard InChI is InChI=1S/C21H22ClN3O2/c1-4-13(2)18(23-20(26)15-8-6-5-7-9-15)21-24-19(25-27-21)16-11-10-14(3)17(22)12-16/h5-13,18H,4H2,1-3H3,(H,23,26)/t13-,18-/m0/s1. The van der Waals surface area contributed by atoms with Gasteiger partial charge in [0, 0.05) is 16.1 Å². The Balaban J connectivity index is 1.86. The van der Waals surface area contributed by atoms with Gasteiger partial charge in [-0.1, -0.05) is 67.4 Å². The number of rotatable bonds is 6. The summed E-state index contributed by atoms with van der Waals surface area (Å²) < 4.78 is 5.49. The minimum Gasteiger partial charge on any atom is -0.340 e. The fourth-order valence-electron chi connectivity index (χ4n) is 2.71. The molecule has 2 atom stereocenters. The molecule has 5 nitrogen and oxygen atoms in total. The van der Waals surface area contributed by atoms with Gasteiger partial charge >= 0.3 is 0 Å². The number of nitrogens with one attached hydrogen (secondary N) is 1. The van der Waals surface area contributed by atoms with Crippen molar-refractivity contribution < 1.29 is 9.32 Å². The molecule has 2 aromatic carbocycles. The average Bonchev–Trinajstić information content (AvgIpc) is 3.18. The molecule has 0 aliphatic heterocycles. The van der Waals surface area contributed by atoms with E-state index in [4.69, 9.17) is 16.1 Å². The van der Waals surface area contributed by atoms with Gasteiger partial charge in [0.25, 0.3) is 5.91 Å². The smallest absolute Gasteiger partial charge is 0.251 e. The maximum absolute atomic E-state index is 12.6. The van der Waals surface area contributed by atoms with Gasteiger partial charge in [0.05, 0.1) is 0 Å². The fourth-order valence-corrected chi connectivity index (χ4v) is 2.89. The largest absolute Gasteiger partial charge is 0.340 e. The number of carbonyl (C=O) groups excluding carboxylic acids is 1. The second-order valence-electron chi connectivity index (χ2n) is 6.62. The van der Waals surface area contributed by atoms with Crippen LogP contribution < -0.4 is 5.32 Å². The molecule has 140 valence electrons. The van der Waals surface area contributed by atoms with Gasteiger partial charge in [-0.3, -0.25) is 4.79 Å². The summed E-state index contributed by atoms with van der Waals surface area (Å²) in [5.41, 5.74) is 2.35. The molecular weight excluding hydrogens is 362 g/mol. The summed E-state index contributed by atoms with van der Waals surface area (Å²) >= 11 is 6.20. The highest BCUT2D eigenvalue weighted by molar-refractivity contribution is 6.31. The van der Waals surface area contributed by atoms with Crippen molar-refractivity contribution in [3.63, 3.8) is 0 Å². The first-order valence-corrected chi connectivity index (χ1v) is 9.33. The third-order valence-electron chi connectivity index (χ3n) is 4.67. The lowest BCUT2D eigenvalue weighted by Crippen LogP contribution is -2.32. The first-order chi connectivity index (χ1) is 13.0. The number of hydrogen-bond acceptors (Lipinski definition) is 4. The monoisotopic (exact) mass is 383 g/mol. The molecule has 0 saturated carbocycles. The number of hydrogen-bond donors (Lipinski definition) is 1. The molecule has 27 heavy (non-hydrogen) atoms. The Hall–Kier alpha value is -2.66. The number of nitrogens with zero attached hydrogens (tertiary/aromatic N) is 2.